The van der Waals surface area contributed by atoms with E-state index < -0.39 is 11.6 Å². The van der Waals surface area contributed by atoms with Gasteiger partial charge >= 0.3 is 51.4 Å². The fourth-order valence-electron chi connectivity index (χ4n) is 1.58. The van der Waals surface area contributed by atoms with Crippen molar-refractivity contribution in [2.75, 3.05) is 6.54 Å². The number of hydrogen-bond donors (Lipinski definition) is 2. The van der Waals surface area contributed by atoms with Crippen molar-refractivity contribution in [3.8, 4) is 0 Å². The molecule has 2 atom stereocenters. The van der Waals surface area contributed by atoms with E-state index in [0.717, 1.165) is 5.56 Å². The fourth-order valence-corrected chi connectivity index (χ4v) is 1.58. The molecule has 0 aromatic heterocycles. The minimum atomic E-state index is -0.995. The zero-order chi connectivity index (χ0) is 12.2. The zero-order valence-corrected chi connectivity index (χ0v) is 13.4. The SMILES string of the molecule is CC([N+](=O)[O-])C(N)(CN)Cc1ccccc1.[H-].[K+]. The van der Waals surface area contributed by atoms with E-state index in [0.29, 0.717) is 6.42 Å². The Morgan fingerprint density at radius 1 is 1.47 bits per heavy atom. The van der Waals surface area contributed by atoms with Crippen LogP contribution in [0.4, 0.5) is 0 Å². The second-order valence-corrected chi connectivity index (χ2v) is 4.06. The van der Waals surface area contributed by atoms with Crippen LogP contribution in [0.1, 0.15) is 13.9 Å². The van der Waals surface area contributed by atoms with Gasteiger partial charge in [0.25, 0.3) is 0 Å². The van der Waals surface area contributed by atoms with Crippen molar-refractivity contribution in [3.63, 3.8) is 0 Å². The molecule has 0 heterocycles. The van der Waals surface area contributed by atoms with E-state index in [4.69, 9.17) is 11.5 Å². The Balaban J connectivity index is 0. The van der Waals surface area contributed by atoms with Crippen LogP contribution in [0.5, 0.6) is 0 Å². The number of nitrogens with zero attached hydrogens (tertiary/aromatic N) is 1. The molecule has 4 N–H and O–H groups in total. The normalized spacial score (nSPS) is 15.5. The molecular formula is C11H18KN3O2. The molecule has 0 radical (unpaired) electrons. The molecule has 0 saturated carbocycles. The summed E-state index contributed by atoms with van der Waals surface area (Å²) < 4.78 is 0. The van der Waals surface area contributed by atoms with Crippen LogP contribution in [0.2, 0.25) is 0 Å². The standard InChI is InChI=1S/C11H17N3O2.K.H/c1-9(14(15)16)11(13,8-12)7-10-5-3-2-4-6-10;;/h2-6,9H,7-8,12-13H2,1H3;;/q;+1;-1. The van der Waals surface area contributed by atoms with Gasteiger partial charge in [-0.05, 0) is 12.0 Å². The minimum absolute atomic E-state index is 0. The van der Waals surface area contributed by atoms with Crippen molar-refractivity contribution < 1.29 is 57.7 Å². The van der Waals surface area contributed by atoms with Gasteiger partial charge in [-0.1, -0.05) is 30.3 Å². The number of benzene rings is 1. The van der Waals surface area contributed by atoms with E-state index in [9.17, 15) is 10.1 Å². The van der Waals surface area contributed by atoms with E-state index in [-0.39, 0.29) is 64.3 Å². The Hall–Kier alpha value is 0.176. The van der Waals surface area contributed by atoms with Gasteiger partial charge in [-0.3, -0.25) is 10.1 Å². The summed E-state index contributed by atoms with van der Waals surface area (Å²) in [6.07, 6.45) is 0.409. The van der Waals surface area contributed by atoms with Crippen molar-refractivity contribution in [2.45, 2.75) is 24.9 Å². The molecule has 17 heavy (non-hydrogen) atoms. The van der Waals surface area contributed by atoms with E-state index in [2.05, 4.69) is 0 Å². The molecule has 1 rings (SSSR count). The second kappa shape index (κ2) is 7.58. The largest absolute Gasteiger partial charge is 1.00 e. The first-order chi connectivity index (χ1) is 7.49. The average Bonchev–Trinajstić information content (AvgIpc) is 2.29. The molecule has 1 aromatic rings. The average molecular weight is 263 g/mol. The molecule has 0 aliphatic rings. The summed E-state index contributed by atoms with van der Waals surface area (Å²) >= 11 is 0. The second-order valence-electron chi connectivity index (χ2n) is 4.06. The third-order valence-electron chi connectivity index (χ3n) is 2.90. The van der Waals surface area contributed by atoms with Crippen LogP contribution in [0.25, 0.3) is 0 Å². The van der Waals surface area contributed by atoms with Crippen LogP contribution in [0.15, 0.2) is 30.3 Å². The summed E-state index contributed by atoms with van der Waals surface area (Å²) in [5, 5.41) is 10.8. The predicted octanol–water partition coefficient (Wildman–Crippen LogP) is -2.33. The van der Waals surface area contributed by atoms with Gasteiger partial charge in [0.2, 0.25) is 6.04 Å². The summed E-state index contributed by atoms with van der Waals surface area (Å²) in [5.41, 5.74) is 11.5. The monoisotopic (exact) mass is 263 g/mol. The van der Waals surface area contributed by atoms with Crippen molar-refractivity contribution in [1.29, 1.82) is 0 Å². The summed E-state index contributed by atoms with van der Waals surface area (Å²) in [6, 6.07) is 8.57. The Morgan fingerprint density at radius 2 is 2.00 bits per heavy atom. The topological polar surface area (TPSA) is 95.2 Å². The summed E-state index contributed by atoms with van der Waals surface area (Å²) in [6.45, 7) is 1.58. The minimum Gasteiger partial charge on any atom is -1.00 e. The Kier molecular flexibility index (Phi) is 7.65. The Labute approximate surface area is 145 Å². The summed E-state index contributed by atoms with van der Waals surface area (Å²) in [5.74, 6) is 0. The van der Waals surface area contributed by atoms with E-state index >= 15 is 0 Å². The first kappa shape index (κ1) is 17.2. The summed E-state index contributed by atoms with van der Waals surface area (Å²) in [7, 11) is 0. The molecule has 1 aromatic carbocycles. The van der Waals surface area contributed by atoms with Gasteiger partial charge in [-0.2, -0.15) is 0 Å². The molecule has 0 bridgehead atoms. The van der Waals surface area contributed by atoms with Gasteiger partial charge in [0, 0.05) is 18.4 Å². The molecule has 0 amide bonds. The maximum absolute atomic E-state index is 10.8. The van der Waals surface area contributed by atoms with Gasteiger partial charge in [-0.25, -0.2) is 0 Å². The molecule has 6 heteroatoms. The smallest absolute Gasteiger partial charge is 1.00 e. The number of rotatable bonds is 5. The fraction of sp³-hybridized carbons (Fsp3) is 0.455. The first-order valence-corrected chi connectivity index (χ1v) is 5.16. The van der Waals surface area contributed by atoms with Crippen molar-refractivity contribution in [3.05, 3.63) is 46.0 Å². The third-order valence-corrected chi connectivity index (χ3v) is 2.90. The predicted molar refractivity (Wildman–Crippen MR) is 63.7 cm³/mol. The molecule has 2 unspecified atom stereocenters. The third kappa shape index (κ3) is 4.74. The molecular weight excluding hydrogens is 245 g/mol. The molecule has 90 valence electrons. The van der Waals surface area contributed by atoms with Crippen LogP contribution in [-0.4, -0.2) is 23.0 Å². The van der Waals surface area contributed by atoms with Crippen molar-refractivity contribution >= 4 is 0 Å². The first-order valence-electron chi connectivity index (χ1n) is 5.16. The van der Waals surface area contributed by atoms with Crippen LogP contribution >= 0.6 is 0 Å². The van der Waals surface area contributed by atoms with Gasteiger partial charge < -0.3 is 12.9 Å². The molecule has 5 nitrogen and oxygen atoms in total. The number of nitro groups is 1. The van der Waals surface area contributed by atoms with Crippen LogP contribution < -0.4 is 62.9 Å². The molecule has 0 fully saturated rings. The van der Waals surface area contributed by atoms with Gasteiger partial charge in [0.05, 0.1) is 5.54 Å². The molecule has 0 aliphatic carbocycles. The number of nitrogens with two attached hydrogens (primary N) is 2. The van der Waals surface area contributed by atoms with Crippen molar-refractivity contribution in [1.82, 2.24) is 0 Å². The Morgan fingerprint density at radius 3 is 2.41 bits per heavy atom. The van der Waals surface area contributed by atoms with Gasteiger partial charge in [0.1, 0.15) is 0 Å². The maximum Gasteiger partial charge on any atom is 1.00 e. The van der Waals surface area contributed by atoms with Gasteiger partial charge in [-0.15, -0.1) is 0 Å². The summed E-state index contributed by atoms with van der Waals surface area (Å²) in [4.78, 5) is 10.4. The van der Waals surface area contributed by atoms with Crippen LogP contribution in [-0.2, 0) is 6.42 Å². The Bertz CT molecular complexity index is 367. The maximum atomic E-state index is 10.8. The van der Waals surface area contributed by atoms with E-state index in [1.54, 1.807) is 0 Å². The van der Waals surface area contributed by atoms with E-state index in [1.165, 1.54) is 6.92 Å². The van der Waals surface area contributed by atoms with E-state index in [1.807, 2.05) is 30.3 Å². The van der Waals surface area contributed by atoms with Crippen molar-refractivity contribution in [2.24, 2.45) is 11.5 Å². The van der Waals surface area contributed by atoms with Crippen LogP contribution in [0, 0.1) is 10.1 Å². The quantitative estimate of drug-likeness (QED) is 0.354. The molecule has 0 saturated heterocycles. The molecule has 0 spiro atoms. The zero-order valence-electron chi connectivity index (χ0n) is 11.3. The molecule has 0 aliphatic heterocycles. The number of hydrogen-bond acceptors (Lipinski definition) is 4. The van der Waals surface area contributed by atoms with Gasteiger partial charge in [0.15, 0.2) is 0 Å². The van der Waals surface area contributed by atoms with Crippen LogP contribution in [0.3, 0.4) is 0 Å².